The average molecular weight is 271 g/mol. The van der Waals surface area contributed by atoms with Crippen LogP contribution in [0.3, 0.4) is 0 Å². The molecular formula is C15H17N3O2. The van der Waals surface area contributed by atoms with Crippen LogP contribution in [-0.4, -0.2) is 34.2 Å². The van der Waals surface area contributed by atoms with Crippen LogP contribution in [0.1, 0.15) is 30.5 Å². The molecule has 5 nitrogen and oxygen atoms in total. The van der Waals surface area contributed by atoms with E-state index < -0.39 is 0 Å². The largest absolute Gasteiger partial charge is 0.488 e. The fraction of sp³-hybridized carbons (Fsp3) is 0.467. The molecule has 4 rings (SSSR count). The summed E-state index contributed by atoms with van der Waals surface area (Å²) in [5, 5.41) is 4.03. The Balaban J connectivity index is 1.26. The van der Waals surface area contributed by atoms with E-state index in [-0.39, 0.29) is 6.10 Å². The first-order valence-electron chi connectivity index (χ1n) is 7.13. The molecule has 5 heteroatoms. The number of rotatable bonds is 5. The molecule has 1 aromatic carbocycles. The van der Waals surface area contributed by atoms with Crippen molar-refractivity contribution in [1.82, 2.24) is 15.0 Å². The number of likely N-dealkylation sites (tertiary alicyclic amines) is 1. The maximum absolute atomic E-state index is 5.86. The van der Waals surface area contributed by atoms with Crippen molar-refractivity contribution in [2.75, 3.05) is 13.1 Å². The van der Waals surface area contributed by atoms with E-state index in [1.165, 1.54) is 12.8 Å². The molecule has 0 spiro atoms. The third kappa shape index (κ3) is 2.54. The van der Waals surface area contributed by atoms with Gasteiger partial charge in [0.1, 0.15) is 11.9 Å². The molecule has 0 unspecified atom stereocenters. The molecule has 1 saturated heterocycles. The first-order valence-corrected chi connectivity index (χ1v) is 7.13. The third-order valence-corrected chi connectivity index (χ3v) is 3.75. The van der Waals surface area contributed by atoms with Gasteiger partial charge >= 0.3 is 0 Å². The summed E-state index contributed by atoms with van der Waals surface area (Å²) < 4.78 is 11.1. The minimum Gasteiger partial charge on any atom is -0.488 e. The van der Waals surface area contributed by atoms with Crippen LogP contribution in [0.4, 0.5) is 0 Å². The molecule has 1 aliphatic heterocycles. The van der Waals surface area contributed by atoms with Gasteiger partial charge in [-0.05, 0) is 25.0 Å². The lowest BCUT2D eigenvalue weighted by molar-refractivity contribution is 0.00864. The molecule has 1 aliphatic carbocycles. The molecule has 20 heavy (non-hydrogen) atoms. The van der Waals surface area contributed by atoms with E-state index in [9.17, 15) is 0 Å². The summed E-state index contributed by atoms with van der Waals surface area (Å²) >= 11 is 0. The van der Waals surface area contributed by atoms with Crippen molar-refractivity contribution >= 4 is 0 Å². The second-order valence-corrected chi connectivity index (χ2v) is 5.57. The fourth-order valence-corrected chi connectivity index (χ4v) is 2.45. The van der Waals surface area contributed by atoms with E-state index in [4.69, 9.17) is 9.26 Å². The third-order valence-electron chi connectivity index (χ3n) is 3.75. The number of ether oxygens (including phenoxy) is 1. The minimum absolute atomic E-state index is 0.267. The SMILES string of the molecule is c1ccc(OC2CN(Cc3nc(C4CC4)no3)C2)cc1. The van der Waals surface area contributed by atoms with Gasteiger partial charge in [-0.15, -0.1) is 0 Å². The molecule has 2 aliphatic rings. The lowest BCUT2D eigenvalue weighted by Crippen LogP contribution is -2.53. The fourth-order valence-electron chi connectivity index (χ4n) is 2.45. The zero-order valence-corrected chi connectivity index (χ0v) is 11.2. The summed E-state index contributed by atoms with van der Waals surface area (Å²) in [6.45, 7) is 2.56. The Hall–Kier alpha value is -1.88. The maximum atomic E-state index is 5.86. The molecule has 0 atom stereocenters. The van der Waals surface area contributed by atoms with Crippen LogP contribution in [0.5, 0.6) is 5.75 Å². The standard InChI is InChI=1S/C15H17N3O2/c1-2-4-12(5-3-1)19-13-8-18(9-13)10-14-16-15(17-20-14)11-6-7-11/h1-5,11,13H,6-10H2. The lowest BCUT2D eigenvalue weighted by atomic mass is 10.1. The molecule has 1 aromatic heterocycles. The van der Waals surface area contributed by atoms with Crippen LogP contribution in [0.15, 0.2) is 34.9 Å². The first-order chi connectivity index (χ1) is 9.87. The van der Waals surface area contributed by atoms with Crippen molar-refractivity contribution in [3.8, 4) is 5.75 Å². The van der Waals surface area contributed by atoms with Crippen LogP contribution in [0.2, 0.25) is 0 Å². The van der Waals surface area contributed by atoms with Gasteiger partial charge in [-0.25, -0.2) is 0 Å². The van der Waals surface area contributed by atoms with Crippen molar-refractivity contribution in [1.29, 1.82) is 0 Å². The molecule has 0 radical (unpaired) electrons. The van der Waals surface area contributed by atoms with E-state index in [2.05, 4.69) is 15.0 Å². The molecule has 2 fully saturated rings. The number of para-hydroxylation sites is 1. The molecule has 2 heterocycles. The van der Waals surface area contributed by atoms with Gasteiger partial charge < -0.3 is 9.26 Å². The summed E-state index contributed by atoms with van der Waals surface area (Å²) in [4.78, 5) is 6.70. The van der Waals surface area contributed by atoms with Gasteiger partial charge in [0, 0.05) is 19.0 Å². The molecule has 0 N–H and O–H groups in total. The molecule has 0 bridgehead atoms. The van der Waals surface area contributed by atoms with Crippen molar-refractivity contribution < 1.29 is 9.26 Å². The summed E-state index contributed by atoms with van der Waals surface area (Å²) in [6.07, 6.45) is 2.67. The second kappa shape index (κ2) is 4.90. The predicted octanol–water partition coefficient (Wildman–Crippen LogP) is 2.21. The van der Waals surface area contributed by atoms with E-state index in [0.29, 0.717) is 5.92 Å². The van der Waals surface area contributed by atoms with E-state index in [1.54, 1.807) is 0 Å². The maximum Gasteiger partial charge on any atom is 0.240 e. The van der Waals surface area contributed by atoms with Crippen LogP contribution in [0, 0.1) is 0 Å². The molecule has 0 amide bonds. The molecule has 104 valence electrons. The van der Waals surface area contributed by atoms with Crippen LogP contribution < -0.4 is 4.74 Å². The Morgan fingerprint density at radius 1 is 1.20 bits per heavy atom. The van der Waals surface area contributed by atoms with E-state index in [1.807, 2.05) is 30.3 Å². The zero-order valence-electron chi connectivity index (χ0n) is 11.2. The number of benzene rings is 1. The lowest BCUT2D eigenvalue weighted by Gasteiger charge is -2.37. The van der Waals surface area contributed by atoms with Gasteiger partial charge in [-0.2, -0.15) is 4.98 Å². The highest BCUT2D eigenvalue weighted by molar-refractivity contribution is 5.21. The van der Waals surface area contributed by atoms with Gasteiger partial charge in [0.05, 0.1) is 6.54 Å². The number of hydrogen-bond acceptors (Lipinski definition) is 5. The Bertz CT molecular complexity index is 574. The van der Waals surface area contributed by atoms with Crippen molar-refractivity contribution in [2.24, 2.45) is 0 Å². The van der Waals surface area contributed by atoms with Gasteiger partial charge in [0.15, 0.2) is 5.82 Å². The van der Waals surface area contributed by atoms with Crippen LogP contribution in [0.25, 0.3) is 0 Å². The first kappa shape index (κ1) is 11.9. The van der Waals surface area contributed by atoms with E-state index in [0.717, 1.165) is 37.1 Å². The van der Waals surface area contributed by atoms with Crippen molar-refractivity contribution in [3.05, 3.63) is 42.0 Å². The Labute approximate surface area is 117 Å². The van der Waals surface area contributed by atoms with Gasteiger partial charge in [-0.3, -0.25) is 4.90 Å². The van der Waals surface area contributed by atoms with E-state index >= 15 is 0 Å². The van der Waals surface area contributed by atoms with Crippen LogP contribution >= 0.6 is 0 Å². The molecular weight excluding hydrogens is 254 g/mol. The van der Waals surface area contributed by atoms with Crippen LogP contribution in [-0.2, 0) is 6.54 Å². The normalized spacial score (nSPS) is 19.8. The predicted molar refractivity (Wildman–Crippen MR) is 72.4 cm³/mol. The Morgan fingerprint density at radius 2 is 2.00 bits per heavy atom. The number of aromatic nitrogens is 2. The van der Waals surface area contributed by atoms with Gasteiger partial charge in [-0.1, -0.05) is 23.4 Å². The van der Waals surface area contributed by atoms with Crippen molar-refractivity contribution in [2.45, 2.75) is 31.4 Å². The minimum atomic E-state index is 0.267. The average Bonchev–Trinajstić information content (AvgIpc) is 3.18. The highest BCUT2D eigenvalue weighted by Gasteiger charge is 2.32. The Morgan fingerprint density at radius 3 is 2.75 bits per heavy atom. The topological polar surface area (TPSA) is 51.4 Å². The summed E-state index contributed by atoms with van der Waals surface area (Å²) in [5.74, 6) is 3.10. The molecule has 2 aromatic rings. The smallest absolute Gasteiger partial charge is 0.240 e. The monoisotopic (exact) mass is 271 g/mol. The molecule has 1 saturated carbocycles. The number of nitrogens with zero attached hydrogens (tertiary/aromatic N) is 3. The highest BCUT2D eigenvalue weighted by Crippen LogP contribution is 2.38. The zero-order chi connectivity index (χ0) is 13.4. The van der Waals surface area contributed by atoms with Crippen molar-refractivity contribution in [3.63, 3.8) is 0 Å². The quantitative estimate of drug-likeness (QED) is 0.834. The summed E-state index contributed by atoms with van der Waals surface area (Å²) in [5.41, 5.74) is 0. The second-order valence-electron chi connectivity index (χ2n) is 5.57. The van der Waals surface area contributed by atoms with Gasteiger partial charge in [0.2, 0.25) is 5.89 Å². The Kier molecular flexibility index (Phi) is 2.92. The highest BCUT2D eigenvalue weighted by atomic mass is 16.5. The number of hydrogen-bond donors (Lipinski definition) is 0. The summed E-state index contributed by atoms with van der Waals surface area (Å²) in [7, 11) is 0. The summed E-state index contributed by atoms with van der Waals surface area (Å²) in [6, 6.07) is 9.95. The van der Waals surface area contributed by atoms with Gasteiger partial charge in [0.25, 0.3) is 0 Å².